The molecule has 22 heavy (non-hydrogen) atoms. The molecule has 1 spiro atoms. The first kappa shape index (κ1) is 15.5. The second kappa shape index (κ2) is 6.39. The number of amides is 1. The van der Waals surface area contributed by atoms with Crippen LogP contribution in [0.15, 0.2) is 24.3 Å². The van der Waals surface area contributed by atoms with Crippen LogP contribution in [-0.4, -0.2) is 49.8 Å². The van der Waals surface area contributed by atoms with Crippen LogP contribution >= 0.6 is 0 Å². The molecule has 1 atom stereocenters. The van der Waals surface area contributed by atoms with Crippen molar-refractivity contribution in [3.8, 4) is 0 Å². The van der Waals surface area contributed by atoms with Gasteiger partial charge in [0.15, 0.2) is 0 Å². The Morgan fingerprint density at radius 1 is 1.45 bits per heavy atom. The SMILES string of the molecule is COCC[C@@H]1CCOC2(C1)CN(C(=O)c1cccc(C)c1)C2. The van der Waals surface area contributed by atoms with E-state index in [-0.39, 0.29) is 11.5 Å². The van der Waals surface area contributed by atoms with Gasteiger partial charge in [-0.1, -0.05) is 17.7 Å². The van der Waals surface area contributed by atoms with E-state index >= 15 is 0 Å². The highest BCUT2D eigenvalue weighted by atomic mass is 16.5. The first-order valence-corrected chi connectivity index (χ1v) is 8.11. The number of aryl methyl sites for hydroxylation is 1. The van der Waals surface area contributed by atoms with Gasteiger partial charge in [0.2, 0.25) is 0 Å². The van der Waals surface area contributed by atoms with Crippen LogP contribution in [-0.2, 0) is 9.47 Å². The number of hydrogen-bond acceptors (Lipinski definition) is 3. The van der Waals surface area contributed by atoms with E-state index in [1.165, 1.54) is 0 Å². The maximum Gasteiger partial charge on any atom is 0.254 e. The Morgan fingerprint density at radius 2 is 2.27 bits per heavy atom. The lowest BCUT2D eigenvalue weighted by Gasteiger charge is -2.53. The van der Waals surface area contributed by atoms with E-state index in [2.05, 4.69) is 0 Å². The fourth-order valence-corrected chi connectivity index (χ4v) is 3.63. The Labute approximate surface area is 132 Å². The molecule has 1 amide bonds. The van der Waals surface area contributed by atoms with E-state index in [9.17, 15) is 4.79 Å². The number of likely N-dealkylation sites (tertiary alicyclic amines) is 1. The monoisotopic (exact) mass is 303 g/mol. The highest BCUT2D eigenvalue weighted by molar-refractivity contribution is 5.95. The zero-order chi connectivity index (χ0) is 15.6. The summed E-state index contributed by atoms with van der Waals surface area (Å²) in [7, 11) is 1.75. The molecule has 2 saturated heterocycles. The van der Waals surface area contributed by atoms with Gasteiger partial charge in [0.25, 0.3) is 5.91 Å². The van der Waals surface area contributed by atoms with Gasteiger partial charge in [-0.05, 0) is 44.2 Å². The number of methoxy groups -OCH3 is 1. The summed E-state index contributed by atoms with van der Waals surface area (Å²) < 4.78 is 11.2. The van der Waals surface area contributed by atoms with Crippen LogP contribution in [0.5, 0.6) is 0 Å². The molecule has 2 fully saturated rings. The van der Waals surface area contributed by atoms with E-state index in [1.54, 1.807) is 7.11 Å². The molecular weight excluding hydrogens is 278 g/mol. The Morgan fingerprint density at radius 3 is 3.00 bits per heavy atom. The molecule has 2 aliphatic rings. The molecule has 4 heteroatoms. The third kappa shape index (κ3) is 3.18. The second-order valence-electron chi connectivity index (χ2n) is 6.70. The Hall–Kier alpha value is -1.39. The molecule has 1 aromatic carbocycles. The molecule has 0 bridgehead atoms. The van der Waals surface area contributed by atoms with E-state index < -0.39 is 0 Å². The van der Waals surface area contributed by atoms with E-state index in [4.69, 9.17) is 9.47 Å². The molecule has 0 aromatic heterocycles. The van der Waals surface area contributed by atoms with Gasteiger partial charge in [-0.3, -0.25) is 4.79 Å². The molecule has 0 aliphatic carbocycles. The minimum absolute atomic E-state index is 0.101. The van der Waals surface area contributed by atoms with Crippen molar-refractivity contribution >= 4 is 5.91 Å². The molecule has 0 saturated carbocycles. The lowest BCUT2D eigenvalue weighted by molar-refractivity contribution is -0.167. The molecule has 3 rings (SSSR count). The summed E-state index contributed by atoms with van der Waals surface area (Å²) in [4.78, 5) is 14.4. The minimum atomic E-state index is -0.101. The number of ether oxygens (including phenoxy) is 2. The van der Waals surface area contributed by atoms with Gasteiger partial charge in [-0.25, -0.2) is 0 Å². The summed E-state index contributed by atoms with van der Waals surface area (Å²) in [6.07, 6.45) is 3.25. The zero-order valence-corrected chi connectivity index (χ0v) is 13.5. The number of carbonyl (C=O) groups excluding carboxylic acids is 1. The Kier molecular flexibility index (Phi) is 4.50. The van der Waals surface area contributed by atoms with Crippen LogP contribution in [0.3, 0.4) is 0 Å². The summed E-state index contributed by atoms with van der Waals surface area (Å²) in [5.41, 5.74) is 1.80. The molecule has 0 radical (unpaired) electrons. The van der Waals surface area contributed by atoms with Crippen molar-refractivity contribution < 1.29 is 14.3 Å². The zero-order valence-electron chi connectivity index (χ0n) is 13.5. The average Bonchev–Trinajstić information content (AvgIpc) is 2.50. The average molecular weight is 303 g/mol. The van der Waals surface area contributed by atoms with Crippen molar-refractivity contribution in [2.45, 2.75) is 31.8 Å². The predicted octanol–water partition coefficient (Wildman–Crippen LogP) is 2.65. The number of nitrogens with zero attached hydrogens (tertiary/aromatic N) is 1. The summed E-state index contributed by atoms with van der Waals surface area (Å²) in [6, 6.07) is 7.80. The van der Waals surface area contributed by atoms with Gasteiger partial charge in [0.05, 0.1) is 13.1 Å². The van der Waals surface area contributed by atoms with Crippen molar-refractivity contribution in [1.82, 2.24) is 4.90 Å². The molecule has 0 unspecified atom stereocenters. The van der Waals surface area contributed by atoms with E-state index in [1.807, 2.05) is 36.1 Å². The molecule has 0 N–H and O–H groups in total. The van der Waals surface area contributed by atoms with Crippen LogP contribution < -0.4 is 0 Å². The maximum absolute atomic E-state index is 12.5. The van der Waals surface area contributed by atoms with Crippen molar-refractivity contribution in [1.29, 1.82) is 0 Å². The van der Waals surface area contributed by atoms with Crippen LogP contribution in [0.1, 0.15) is 35.2 Å². The van der Waals surface area contributed by atoms with Gasteiger partial charge in [-0.2, -0.15) is 0 Å². The van der Waals surface area contributed by atoms with Gasteiger partial charge in [0.1, 0.15) is 5.60 Å². The minimum Gasteiger partial charge on any atom is -0.385 e. The van der Waals surface area contributed by atoms with Gasteiger partial charge in [0, 0.05) is 25.9 Å². The normalized spacial score (nSPS) is 23.4. The summed E-state index contributed by atoms with van der Waals surface area (Å²) in [5, 5.41) is 0. The van der Waals surface area contributed by atoms with Gasteiger partial charge >= 0.3 is 0 Å². The Balaban J connectivity index is 1.57. The number of hydrogen-bond donors (Lipinski definition) is 0. The standard InChI is InChI=1S/C18H25NO3/c1-14-4-3-5-16(10-14)17(20)19-12-18(13-19)11-15(6-8-21-2)7-9-22-18/h3-5,10,15H,6-9,11-13H2,1-2H3/t15-/m1/s1. The molecule has 1 aromatic rings. The molecule has 2 heterocycles. The van der Waals surface area contributed by atoms with Crippen LogP contribution in [0.25, 0.3) is 0 Å². The molecule has 120 valence electrons. The van der Waals surface area contributed by atoms with Crippen molar-refractivity contribution in [2.24, 2.45) is 5.92 Å². The van der Waals surface area contributed by atoms with E-state index in [0.29, 0.717) is 5.92 Å². The molecule has 4 nitrogen and oxygen atoms in total. The molecular formula is C18H25NO3. The van der Waals surface area contributed by atoms with Crippen LogP contribution in [0, 0.1) is 12.8 Å². The number of carbonyl (C=O) groups is 1. The smallest absolute Gasteiger partial charge is 0.254 e. The second-order valence-corrected chi connectivity index (χ2v) is 6.70. The van der Waals surface area contributed by atoms with Crippen molar-refractivity contribution in [3.63, 3.8) is 0 Å². The first-order valence-electron chi connectivity index (χ1n) is 8.11. The van der Waals surface area contributed by atoms with Crippen molar-refractivity contribution in [2.75, 3.05) is 33.4 Å². The van der Waals surface area contributed by atoms with Gasteiger partial charge in [-0.15, -0.1) is 0 Å². The summed E-state index contributed by atoms with van der Waals surface area (Å²) in [6.45, 7) is 5.08. The highest BCUT2D eigenvalue weighted by Gasteiger charge is 2.49. The lowest BCUT2D eigenvalue weighted by atomic mass is 9.79. The fourth-order valence-electron chi connectivity index (χ4n) is 3.63. The van der Waals surface area contributed by atoms with Crippen LogP contribution in [0.2, 0.25) is 0 Å². The predicted molar refractivity (Wildman–Crippen MR) is 85.0 cm³/mol. The van der Waals surface area contributed by atoms with Gasteiger partial charge < -0.3 is 14.4 Å². The highest BCUT2D eigenvalue weighted by Crippen LogP contribution is 2.38. The van der Waals surface area contributed by atoms with Crippen molar-refractivity contribution in [3.05, 3.63) is 35.4 Å². The Bertz CT molecular complexity index is 537. The number of benzene rings is 1. The van der Waals surface area contributed by atoms with E-state index in [0.717, 1.165) is 56.7 Å². The first-order chi connectivity index (χ1) is 10.6. The maximum atomic E-state index is 12.5. The third-order valence-corrected chi connectivity index (χ3v) is 4.84. The largest absolute Gasteiger partial charge is 0.385 e. The summed E-state index contributed by atoms with van der Waals surface area (Å²) >= 11 is 0. The lowest BCUT2D eigenvalue weighted by Crippen LogP contribution is -2.66. The summed E-state index contributed by atoms with van der Waals surface area (Å²) in [5.74, 6) is 0.780. The third-order valence-electron chi connectivity index (χ3n) is 4.84. The molecule has 2 aliphatic heterocycles. The quantitative estimate of drug-likeness (QED) is 0.858. The number of rotatable bonds is 4. The van der Waals surface area contributed by atoms with Crippen LogP contribution in [0.4, 0.5) is 0 Å². The fraction of sp³-hybridized carbons (Fsp3) is 0.611. The topological polar surface area (TPSA) is 38.8 Å².